The van der Waals surface area contributed by atoms with Gasteiger partial charge in [0.25, 0.3) is 0 Å². The van der Waals surface area contributed by atoms with Crippen LogP contribution in [0.3, 0.4) is 0 Å². The van der Waals surface area contributed by atoms with Crippen LogP contribution in [0.5, 0.6) is 11.5 Å². The number of hydrogen-bond acceptors (Lipinski definition) is 4. The highest BCUT2D eigenvalue weighted by atomic mass is 16.5. The first kappa shape index (κ1) is 23.0. The smallest absolute Gasteiger partial charge is 0.227 e. The van der Waals surface area contributed by atoms with Crippen LogP contribution < -0.4 is 14.4 Å². The maximum absolute atomic E-state index is 13.0. The molecule has 6 nitrogen and oxygen atoms in total. The first-order chi connectivity index (χ1) is 17.2. The van der Waals surface area contributed by atoms with Gasteiger partial charge in [-0.25, -0.2) is 4.98 Å². The van der Waals surface area contributed by atoms with Gasteiger partial charge in [0, 0.05) is 31.1 Å². The summed E-state index contributed by atoms with van der Waals surface area (Å²) in [5.41, 5.74) is 3.01. The van der Waals surface area contributed by atoms with Gasteiger partial charge >= 0.3 is 0 Å². The van der Waals surface area contributed by atoms with Crippen molar-refractivity contribution >= 4 is 22.6 Å². The van der Waals surface area contributed by atoms with Crippen molar-refractivity contribution in [1.82, 2.24) is 9.55 Å². The summed E-state index contributed by atoms with van der Waals surface area (Å²) in [5, 5.41) is 0. The molecule has 35 heavy (non-hydrogen) atoms. The fourth-order valence-corrected chi connectivity index (χ4v) is 4.74. The van der Waals surface area contributed by atoms with Crippen molar-refractivity contribution in [2.24, 2.45) is 0 Å². The normalized spacial score (nSPS) is 15.6. The van der Waals surface area contributed by atoms with Crippen LogP contribution >= 0.6 is 0 Å². The van der Waals surface area contributed by atoms with Crippen LogP contribution in [0.4, 0.5) is 5.69 Å². The van der Waals surface area contributed by atoms with Gasteiger partial charge in [0.1, 0.15) is 17.3 Å². The summed E-state index contributed by atoms with van der Waals surface area (Å²) in [6.45, 7) is 4.75. The van der Waals surface area contributed by atoms with Crippen molar-refractivity contribution in [2.75, 3.05) is 24.7 Å². The van der Waals surface area contributed by atoms with E-state index in [9.17, 15) is 4.79 Å². The number of fused-ring (bicyclic) bond motifs is 1. The zero-order valence-electron chi connectivity index (χ0n) is 20.1. The molecule has 1 aromatic heterocycles. The Balaban J connectivity index is 1.29. The van der Waals surface area contributed by atoms with Crippen LogP contribution in [-0.4, -0.2) is 35.2 Å². The van der Waals surface area contributed by atoms with Gasteiger partial charge in [0.05, 0.1) is 24.2 Å². The van der Waals surface area contributed by atoms with Crippen molar-refractivity contribution in [3.8, 4) is 11.5 Å². The monoisotopic (exact) mass is 469 g/mol. The second-order valence-corrected chi connectivity index (χ2v) is 8.81. The van der Waals surface area contributed by atoms with Crippen LogP contribution in [0.15, 0.2) is 78.9 Å². The average molecular weight is 470 g/mol. The third kappa shape index (κ3) is 5.16. The minimum atomic E-state index is 0.0574. The highest BCUT2D eigenvalue weighted by Crippen LogP contribution is 2.34. The molecule has 1 aliphatic heterocycles. The van der Waals surface area contributed by atoms with Crippen molar-refractivity contribution in [1.29, 1.82) is 0 Å². The number of rotatable bonds is 10. The lowest BCUT2D eigenvalue weighted by atomic mass is 10.1. The molecule has 1 amide bonds. The molecule has 1 saturated heterocycles. The van der Waals surface area contributed by atoms with Gasteiger partial charge < -0.3 is 18.9 Å². The molecule has 1 aliphatic rings. The molecule has 5 rings (SSSR count). The molecule has 180 valence electrons. The van der Waals surface area contributed by atoms with Gasteiger partial charge in [-0.1, -0.05) is 30.3 Å². The summed E-state index contributed by atoms with van der Waals surface area (Å²) in [6.07, 6.45) is 2.39. The van der Waals surface area contributed by atoms with E-state index >= 15 is 0 Å². The third-order valence-electron chi connectivity index (χ3n) is 6.42. The Morgan fingerprint density at radius 2 is 1.63 bits per heavy atom. The first-order valence-corrected chi connectivity index (χ1v) is 12.4. The Kier molecular flexibility index (Phi) is 6.98. The Morgan fingerprint density at radius 1 is 0.886 bits per heavy atom. The molecule has 2 heterocycles. The standard InChI is InChI=1S/C29H31N3O3/c1-2-34-25-16-14-23(15-17-25)32-21-22(20-28(32)33)29-30-26-12-6-7-13-27(26)31(29)18-8-9-19-35-24-10-4-3-5-11-24/h3-7,10-17,22H,2,8-9,18-21H2,1H3. The van der Waals surface area contributed by atoms with Gasteiger partial charge in [-0.3, -0.25) is 4.79 Å². The predicted octanol–water partition coefficient (Wildman–Crippen LogP) is 5.81. The molecule has 4 aromatic rings. The third-order valence-corrected chi connectivity index (χ3v) is 6.42. The Morgan fingerprint density at radius 3 is 2.43 bits per heavy atom. The van der Waals surface area contributed by atoms with Crippen molar-refractivity contribution < 1.29 is 14.3 Å². The van der Waals surface area contributed by atoms with Crippen LogP contribution in [0.1, 0.15) is 37.9 Å². The molecule has 1 atom stereocenters. The Labute approximate surface area is 206 Å². The lowest BCUT2D eigenvalue weighted by Crippen LogP contribution is -2.24. The lowest BCUT2D eigenvalue weighted by Gasteiger charge is -2.18. The molecule has 0 bridgehead atoms. The van der Waals surface area contributed by atoms with Crippen molar-refractivity contribution in [2.45, 2.75) is 38.6 Å². The maximum Gasteiger partial charge on any atom is 0.227 e. The number of carbonyl (C=O) groups is 1. The number of amides is 1. The van der Waals surface area contributed by atoms with E-state index in [-0.39, 0.29) is 11.8 Å². The lowest BCUT2D eigenvalue weighted by molar-refractivity contribution is -0.117. The second kappa shape index (κ2) is 10.6. The van der Waals surface area contributed by atoms with E-state index in [1.807, 2.05) is 72.5 Å². The molecule has 6 heteroatoms. The summed E-state index contributed by atoms with van der Waals surface area (Å²) >= 11 is 0. The van der Waals surface area contributed by atoms with E-state index in [4.69, 9.17) is 14.5 Å². The van der Waals surface area contributed by atoms with Gasteiger partial charge in [0.15, 0.2) is 0 Å². The zero-order chi connectivity index (χ0) is 24.0. The SMILES string of the molecule is CCOc1ccc(N2CC(c3nc4ccccc4n3CCCCOc3ccccc3)CC2=O)cc1. The molecule has 0 spiro atoms. The molecule has 3 aromatic carbocycles. The molecule has 1 fully saturated rings. The van der Waals surface area contributed by atoms with Crippen molar-refractivity contribution in [3.05, 3.63) is 84.7 Å². The molecular formula is C29H31N3O3. The number of imidazole rings is 1. The van der Waals surface area contributed by atoms with Crippen LogP contribution in [0.25, 0.3) is 11.0 Å². The Bertz CT molecular complexity index is 1270. The number of hydrogen-bond donors (Lipinski definition) is 0. The van der Waals surface area contributed by atoms with E-state index < -0.39 is 0 Å². The van der Waals surface area contributed by atoms with E-state index in [2.05, 4.69) is 22.8 Å². The number of nitrogens with zero attached hydrogens (tertiary/aromatic N) is 3. The largest absolute Gasteiger partial charge is 0.494 e. The van der Waals surface area contributed by atoms with Gasteiger partial charge in [0.2, 0.25) is 5.91 Å². The fourth-order valence-electron chi connectivity index (χ4n) is 4.74. The minimum absolute atomic E-state index is 0.0574. The quantitative estimate of drug-likeness (QED) is 0.275. The second-order valence-electron chi connectivity index (χ2n) is 8.81. The summed E-state index contributed by atoms with van der Waals surface area (Å²) in [5.74, 6) is 2.91. The maximum atomic E-state index is 13.0. The van der Waals surface area contributed by atoms with Gasteiger partial charge in [-0.05, 0) is 68.3 Å². The number of anilines is 1. The van der Waals surface area contributed by atoms with Gasteiger partial charge in [-0.15, -0.1) is 0 Å². The number of aromatic nitrogens is 2. The average Bonchev–Trinajstić information content (AvgIpc) is 3.46. The van der Waals surface area contributed by atoms with Crippen LogP contribution in [0.2, 0.25) is 0 Å². The van der Waals surface area contributed by atoms with Crippen LogP contribution in [0, 0.1) is 0 Å². The number of benzene rings is 3. The summed E-state index contributed by atoms with van der Waals surface area (Å²) in [6, 6.07) is 25.9. The number of para-hydroxylation sites is 3. The minimum Gasteiger partial charge on any atom is -0.494 e. The number of ether oxygens (including phenoxy) is 2. The summed E-state index contributed by atoms with van der Waals surface area (Å²) in [4.78, 5) is 19.8. The zero-order valence-corrected chi connectivity index (χ0v) is 20.1. The van der Waals surface area contributed by atoms with Crippen LogP contribution in [-0.2, 0) is 11.3 Å². The Hall–Kier alpha value is -3.80. The summed E-state index contributed by atoms with van der Waals surface area (Å²) in [7, 11) is 0. The topological polar surface area (TPSA) is 56.6 Å². The number of aryl methyl sites for hydroxylation is 1. The number of carbonyl (C=O) groups excluding carboxylic acids is 1. The molecular weight excluding hydrogens is 438 g/mol. The highest BCUT2D eigenvalue weighted by Gasteiger charge is 2.34. The van der Waals surface area contributed by atoms with Crippen molar-refractivity contribution in [3.63, 3.8) is 0 Å². The summed E-state index contributed by atoms with van der Waals surface area (Å²) < 4.78 is 13.7. The van der Waals surface area contributed by atoms with E-state index in [1.165, 1.54) is 0 Å². The molecule has 0 aliphatic carbocycles. The molecule has 1 unspecified atom stereocenters. The molecule has 0 saturated carbocycles. The van der Waals surface area contributed by atoms with Gasteiger partial charge in [-0.2, -0.15) is 0 Å². The number of unbranched alkanes of at least 4 members (excludes halogenated alkanes) is 1. The highest BCUT2D eigenvalue weighted by molar-refractivity contribution is 5.96. The van der Waals surface area contributed by atoms with E-state index in [0.717, 1.165) is 53.4 Å². The molecule has 0 radical (unpaired) electrons. The van der Waals surface area contributed by atoms with E-state index in [0.29, 0.717) is 26.2 Å². The predicted molar refractivity (Wildman–Crippen MR) is 138 cm³/mol. The first-order valence-electron chi connectivity index (χ1n) is 12.4. The molecule has 0 N–H and O–H groups in total. The van der Waals surface area contributed by atoms with E-state index in [1.54, 1.807) is 0 Å². The fraction of sp³-hybridized carbons (Fsp3) is 0.310.